The highest BCUT2D eigenvalue weighted by Crippen LogP contribution is 2.66. The molecule has 3 fully saturated rings. The SMILES string of the molecule is C/C(=N\NC(=O)c1cccc2c(=O)c3ccccc3[nH]c12)[C@H]1CC[C@H]2[C@@H]3CCC4=C/C(=N\NC(=O)c5cccc6c(=O)c7ccccc7[nH]c56)CC[C@]4(C)[C@H]3CC[C@]12C. The number of allylic oxidation sites excluding steroid dienone is 2. The molecule has 3 saturated carbocycles. The first kappa shape index (κ1) is 37.1. The van der Waals surface area contributed by atoms with Crippen LogP contribution in [-0.2, 0) is 0 Å². The van der Waals surface area contributed by atoms with Gasteiger partial charge in [-0.1, -0.05) is 55.8 Å². The molecule has 2 amide bonds. The lowest BCUT2D eigenvalue weighted by Gasteiger charge is -2.58. The fourth-order valence-electron chi connectivity index (χ4n) is 12.1. The zero-order chi connectivity index (χ0) is 40.6. The fourth-order valence-corrected chi connectivity index (χ4v) is 12.1. The van der Waals surface area contributed by atoms with Crippen molar-refractivity contribution in [2.75, 3.05) is 0 Å². The molecular formula is C49H48N6O4. The number of rotatable bonds is 5. The maximum absolute atomic E-state index is 13.6. The standard InChI is InChI=1S/C49H48N6O4/c1-27(52-54-46(58)35-14-8-12-33-42(35)50-40-16-6-4-10-31(40)44(33)56)37-20-21-38-30-19-18-28-26-29(22-24-48(28,2)39(30)23-25-49(37,38)3)53-55-47(59)36-15-9-13-34-43(36)51-41-17-7-5-11-32(41)45(34)57/h4-17,26,30,37-39H,18-25H2,1-3H3,(H,50,56)(H,51,57)(H,54,58)(H,55,59)/b52-27+,53-29-/t30-,37+,38-,39-,48-,49+/m0/s1. The van der Waals surface area contributed by atoms with Gasteiger partial charge in [0.1, 0.15) is 0 Å². The van der Waals surface area contributed by atoms with E-state index in [0.717, 1.165) is 62.8 Å². The fraction of sp³-hybridized carbons (Fsp3) is 0.347. The van der Waals surface area contributed by atoms with Crippen LogP contribution in [0.25, 0.3) is 43.6 Å². The van der Waals surface area contributed by atoms with Gasteiger partial charge in [0.2, 0.25) is 0 Å². The average Bonchev–Trinajstić information content (AvgIpc) is 3.62. The van der Waals surface area contributed by atoms with Gasteiger partial charge < -0.3 is 9.97 Å². The first-order valence-corrected chi connectivity index (χ1v) is 21.0. The van der Waals surface area contributed by atoms with Gasteiger partial charge in [0.05, 0.1) is 27.9 Å². The molecule has 59 heavy (non-hydrogen) atoms. The Bertz CT molecular complexity index is 2980. The largest absolute Gasteiger partial charge is 0.354 e. The zero-order valence-corrected chi connectivity index (χ0v) is 33.7. The Kier molecular flexibility index (Phi) is 8.81. The van der Waals surface area contributed by atoms with E-state index in [1.165, 1.54) is 5.57 Å². The zero-order valence-electron chi connectivity index (χ0n) is 33.7. The molecule has 0 saturated heterocycles. The lowest BCUT2D eigenvalue weighted by molar-refractivity contribution is -0.0407. The van der Waals surface area contributed by atoms with Crippen LogP contribution in [-0.4, -0.2) is 33.2 Å². The Balaban J connectivity index is 0.835. The van der Waals surface area contributed by atoms with Crippen LogP contribution in [0, 0.1) is 34.5 Å². The van der Waals surface area contributed by atoms with Crippen LogP contribution in [0.3, 0.4) is 0 Å². The third-order valence-corrected chi connectivity index (χ3v) is 15.1. The topological polar surface area (TPSA) is 149 Å². The van der Waals surface area contributed by atoms with E-state index >= 15 is 0 Å². The maximum atomic E-state index is 13.6. The number of para-hydroxylation sites is 4. The number of nitrogens with one attached hydrogen (secondary N) is 4. The van der Waals surface area contributed by atoms with E-state index in [2.05, 4.69) is 52.8 Å². The van der Waals surface area contributed by atoms with Crippen molar-refractivity contribution in [2.24, 2.45) is 44.7 Å². The third kappa shape index (κ3) is 5.89. The van der Waals surface area contributed by atoms with E-state index < -0.39 is 0 Å². The van der Waals surface area contributed by atoms with Crippen molar-refractivity contribution in [3.63, 3.8) is 0 Å². The van der Waals surface area contributed by atoms with Gasteiger partial charge in [-0.15, -0.1) is 0 Å². The molecule has 298 valence electrons. The van der Waals surface area contributed by atoms with E-state index in [4.69, 9.17) is 5.10 Å². The molecular weight excluding hydrogens is 737 g/mol. The van der Waals surface area contributed by atoms with Crippen molar-refractivity contribution in [1.82, 2.24) is 20.8 Å². The van der Waals surface area contributed by atoms with Gasteiger partial charge in [-0.2, -0.15) is 10.2 Å². The molecule has 4 aromatic carbocycles. The number of hydrogen-bond acceptors (Lipinski definition) is 6. The average molecular weight is 785 g/mol. The summed E-state index contributed by atoms with van der Waals surface area (Å²) >= 11 is 0. The normalized spacial score (nSPS) is 27.3. The maximum Gasteiger partial charge on any atom is 0.273 e. The molecule has 6 aromatic rings. The van der Waals surface area contributed by atoms with E-state index in [-0.39, 0.29) is 39.4 Å². The number of fused-ring (bicyclic) bond motifs is 9. The van der Waals surface area contributed by atoms with Gasteiger partial charge in [-0.3, -0.25) is 19.2 Å². The minimum absolute atomic E-state index is 0.0867. The Morgan fingerprint density at radius 2 is 1.25 bits per heavy atom. The predicted octanol–water partition coefficient (Wildman–Crippen LogP) is 9.15. The van der Waals surface area contributed by atoms with Crippen molar-refractivity contribution in [2.45, 2.75) is 72.1 Å². The summed E-state index contributed by atoms with van der Waals surface area (Å²) in [5, 5.41) is 11.5. The molecule has 4 N–H and O–H groups in total. The second-order valence-corrected chi connectivity index (χ2v) is 17.9. The lowest BCUT2D eigenvalue weighted by atomic mass is 9.46. The molecule has 10 rings (SSSR count). The van der Waals surface area contributed by atoms with Gasteiger partial charge >= 0.3 is 0 Å². The molecule has 0 unspecified atom stereocenters. The first-order chi connectivity index (χ1) is 28.5. The number of carbonyl (C=O) groups is 2. The lowest BCUT2D eigenvalue weighted by Crippen LogP contribution is -2.51. The number of aromatic amines is 2. The molecule has 0 bridgehead atoms. The second-order valence-electron chi connectivity index (χ2n) is 17.9. The summed E-state index contributed by atoms with van der Waals surface area (Å²) < 4.78 is 0. The van der Waals surface area contributed by atoms with Crippen LogP contribution in [0.1, 0.15) is 92.9 Å². The number of pyridine rings is 2. The summed E-state index contributed by atoms with van der Waals surface area (Å²) in [6.07, 6.45) is 10.7. The third-order valence-electron chi connectivity index (χ3n) is 15.1. The van der Waals surface area contributed by atoms with Crippen LogP contribution in [0.5, 0.6) is 0 Å². The Hall–Kier alpha value is -6.16. The summed E-state index contributed by atoms with van der Waals surface area (Å²) in [5.41, 5.74) is 12.2. The summed E-state index contributed by atoms with van der Waals surface area (Å²) in [6, 6.07) is 25.2. The monoisotopic (exact) mass is 784 g/mol. The molecule has 10 nitrogen and oxygen atoms in total. The van der Waals surface area contributed by atoms with Crippen LogP contribution in [0.15, 0.2) is 116 Å². The Morgan fingerprint density at radius 3 is 1.90 bits per heavy atom. The van der Waals surface area contributed by atoms with E-state index in [1.807, 2.05) is 36.4 Å². The van der Waals surface area contributed by atoms with Gasteiger partial charge in [-0.25, -0.2) is 10.9 Å². The molecule has 0 spiro atoms. The number of benzene rings is 4. The summed E-state index contributed by atoms with van der Waals surface area (Å²) in [7, 11) is 0. The minimum atomic E-state index is -0.344. The van der Waals surface area contributed by atoms with Crippen molar-refractivity contribution in [1.29, 1.82) is 0 Å². The van der Waals surface area contributed by atoms with E-state index in [1.54, 1.807) is 48.5 Å². The highest BCUT2D eigenvalue weighted by Gasteiger charge is 2.59. The smallest absolute Gasteiger partial charge is 0.273 e. The molecule has 4 aliphatic rings. The van der Waals surface area contributed by atoms with Crippen molar-refractivity contribution in [3.05, 3.63) is 128 Å². The molecule has 10 heteroatoms. The number of amides is 2. The summed E-state index contributed by atoms with van der Waals surface area (Å²) in [4.78, 5) is 60.2. The van der Waals surface area contributed by atoms with Crippen LogP contribution < -0.4 is 21.7 Å². The molecule has 2 aromatic heterocycles. The highest BCUT2D eigenvalue weighted by molar-refractivity contribution is 6.09. The molecule has 0 radical (unpaired) electrons. The van der Waals surface area contributed by atoms with Crippen molar-refractivity contribution in [3.8, 4) is 0 Å². The first-order valence-electron chi connectivity index (χ1n) is 21.0. The van der Waals surface area contributed by atoms with Crippen LogP contribution in [0.4, 0.5) is 0 Å². The Morgan fingerprint density at radius 1 is 0.661 bits per heavy atom. The van der Waals surface area contributed by atoms with Gasteiger partial charge in [0.25, 0.3) is 11.8 Å². The number of H-pyrrole nitrogens is 2. The second kappa shape index (κ2) is 14.0. The van der Waals surface area contributed by atoms with Crippen molar-refractivity contribution >= 4 is 66.8 Å². The molecule has 0 aliphatic heterocycles. The van der Waals surface area contributed by atoms with Crippen molar-refractivity contribution < 1.29 is 9.59 Å². The summed E-state index contributed by atoms with van der Waals surface area (Å²) in [5.74, 6) is 1.39. The Labute approximate surface area is 341 Å². The van der Waals surface area contributed by atoms with Crippen LogP contribution >= 0.6 is 0 Å². The predicted molar refractivity (Wildman–Crippen MR) is 235 cm³/mol. The van der Waals surface area contributed by atoms with E-state index in [9.17, 15) is 19.2 Å². The number of nitrogens with zero attached hydrogens (tertiary/aromatic N) is 2. The van der Waals surface area contributed by atoms with Crippen LogP contribution in [0.2, 0.25) is 0 Å². The molecule has 2 heterocycles. The van der Waals surface area contributed by atoms with Gasteiger partial charge in [0, 0.05) is 44.2 Å². The molecule has 4 aliphatic carbocycles. The number of hydrazone groups is 2. The van der Waals surface area contributed by atoms with Gasteiger partial charge in [0.15, 0.2) is 10.9 Å². The van der Waals surface area contributed by atoms with Gasteiger partial charge in [-0.05, 0) is 141 Å². The highest BCUT2D eigenvalue weighted by atomic mass is 16.2. The number of aromatic nitrogens is 2. The molecule has 6 atom stereocenters. The minimum Gasteiger partial charge on any atom is -0.354 e. The summed E-state index contributed by atoms with van der Waals surface area (Å²) in [6.45, 7) is 6.99. The number of carbonyl (C=O) groups excluding carboxylic acids is 2. The quantitative estimate of drug-likeness (QED) is 0.0784. The number of hydrogen-bond donors (Lipinski definition) is 4. The van der Waals surface area contributed by atoms with E-state index in [0.29, 0.717) is 72.5 Å².